The monoisotopic (exact) mass is 233 g/mol. The van der Waals surface area contributed by atoms with Crippen molar-refractivity contribution in [3.8, 4) is 0 Å². The van der Waals surface area contributed by atoms with Crippen LogP contribution in [-0.4, -0.2) is 25.4 Å². The number of nitrogens with zero attached hydrogens (tertiary/aromatic N) is 4. The summed E-state index contributed by atoms with van der Waals surface area (Å²) in [6, 6.07) is 0. The fourth-order valence-corrected chi connectivity index (χ4v) is 1.33. The summed E-state index contributed by atoms with van der Waals surface area (Å²) in [4.78, 5) is 24.2. The topological polar surface area (TPSA) is 72.7 Å². The average Bonchev–Trinajstić information content (AvgIpc) is 2.60. The maximum absolute atomic E-state index is 11.9. The van der Waals surface area contributed by atoms with Crippen LogP contribution in [-0.2, 0) is 11.8 Å². The van der Waals surface area contributed by atoms with E-state index >= 15 is 0 Å². The molecule has 1 amide bonds. The highest BCUT2D eigenvalue weighted by Crippen LogP contribution is 2.20. The van der Waals surface area contributed by atoms with Crippen molar-refractivity contribution in [3.05, 3.63) is 12.7 Å². The fraction of sp³-hybridized carbons (Fsp3) is 0.455. The Bertz CT molecular complexity index is 567. The minimum absolute atomic E-state index is 0.0943. The molecule has 17 heavy (non-hydrogen) atoms. The molecule has 0 aromatic carbocycles. The van der Waals surface area contributed by atoms with Gasteiger partial charge in [0.15, 0.2) is 17.0 Å². The second kappa shape index (κ2) is 3.80. The Morgan fingerprint density at radius 2 is 2.00 bits per heavy atom. The van der Waals surface area contributed by atoms with E-state index in [0.717, 1.165) is 0 Å². The van der Waals surface area contributed by atoms with Crippen molar-refractivity contribution < 1.29 is 4.79 Å². The van der Waals surface area contributed by atoms with Crippen LogP contribution in [0.5, 0.6) is 0 Å². The van der Waals surface area contributed by atoms with Gasteiger partial charge in [-0.05, 0) is 0 Å². The van der Waals surface area contributed by atoms with E-state index in [2.05, 4.69) is 20.3 Å². The van der Waals surface area contributed by atoms with Crippen molar-refractivity contribution in [3.63, 3.8) is 0 Å². The van der Waals surface area contributed by atoms with Gasteiger partial charge in [-0.1, -0.05) is 20.8 Å². The van der Waals surface area contributed by atoms with Gasteiger partial charge in [-0.2, -0.15) is 0 Å². The summed E-state index contributed by atoms with van der Waals surface area (Å²) < 4.78 is 1.78. The smallest absolute Gasteiger partial charge is 0.230 e. The van der Waals surface area contributed by atoms with Gasteiger partial charge in [0.05, 0.1) is 6.33 Å². The molecular formula is C11H15N5O. The molecule has 1 N–H and O–H groups in total. The van der Waals surface area contributed by atoms with Crippen LogP contribution in [0, 0.1) is 5.41 Å². The molecule has 0 aliphatic heterocycles. The van der Waals surface area contributed by atoms with Crippen LogP contribution < -0.4 is 5.32 Å². The summed E-state index contributed by atoms with van der Waals surface area (Å²) >= 11 is 0. The molecule has 0 spiro atoms. The van der Waals surface area contributed by atoms with Gasteiger partial charge in [0.1, 0.15) is 6.33 Å². The Morgan fingerprint density at radius 3 is 2.65 bits per heavy atom. The van der Waals surface area contributed by atoms with Gasteiger partial charge in [0, 0.05) is 12.5 Å². The van der Waals surface area contributed by atoms with Crippen molar-refractivity contribution in [2.45, 2.75) is 20.8 Å². The van der Waals surface area contributed by atoms with E-state index in [9.17, 15) is 4.79 Å². The first-order chi connectivity index (χ1) is 7.89. The zero-order valence-corrected chi connectivity index (χ0v) is 10.4. The maximum atomic E-state index is 11.9. The number of hydrogen-bond donors (Lipinski definition) is 1. The molecule has 2 heterocycles. The van der Waals surface area contributed by atoms with Crippen molar-refractivity contribution in [2.75, 3.05) is 5.32 Å². The van der Waals surface area contributed by atoms with Crippen molar-refractivity contribution in [1.82, 2.24) is 19.5 Å². The fourth-order valence-electron chi connectivity index (χ4n) is 1.33. The Kier molecular flexibility index (Phi) is 2.57. The number of aryl methyl sites for hydroxylation is 1. The number of imidazole rings is 1. The molecule has 2 aromatic heterocycles. The standard InChI is InChI=1S/C11H15N5O/c1-11(2,3)10(17)15-8-7-9(13-5-12-8)16(4)6-14-7/h5-6H,1-4H3,(H,12,13,15,17). The third-order valence-electron chi connectivity index (χ3n) is 2.41. The quantitative estimate of drug-likeness (QED) is 0.806. The molecule has 90 valence electrons. The van der Waals surface area contributed by atoms with Gasteiger partial charge in [0.2, 0.25) is 5.91 Å². The van der Waals surface area contributed by atoms with Crippen LogP contribution >= 0.6 is 0 Å². The number of fused-ring (bicyclic) bond motifs is 1. The van der Waals surface area contributed by atoms with Gasteiger partial charge in [0.25, 0.3) is 0 Å². The van der Waals surface area contributed by atoms with E-state index in [-0.39, 0.29) is 5.91 Å². The second-order valence-corrected chi connectivity index (χ2v) is 4.95. The van der Waals surface area contributed by atoms with Crippen LogP contribution in [0.4, 0.5) is 5.82 Å². The molecule has 0 saturated carbocycles. The second-order valence-electron chi connectivity index (χ2n) is 4.95. The van der Waals surface area contributed by atoms with Crippen LogP contribution in [0.1, 0.15) is 20.8 Å². The molecule has 0 unspecified atom stereocenters. The molecule has 0 fully saturated rings. The highest BCUT2D eigenvalue weighted by atomic mass is 16.2. The predicted octanol–water partition coefficient (Wildman–Crippen LogP) is 1.35. The third kappa shape index (κ3) is 2.11. The highest BCUT2D eigenvalue weighted by molar-refractivity contribution is 5.99. The minimum Gasteiger partial charge on any atom is -0.318 e. The van der Waals surface area contributed by atoms with Gasteiger partial charge >= 0.3 is 0 Å². The van der Waals surface area contributed by atoms with Gasteiger partial charge in [-0.3, -0.25) is 4.79 Å². The van der Waals surface area contributed by atoms with Crippen molar-refractivity contribution in [1.29, 1.82) is 0 Å². The number of anilines is 1. The zero-order chi connectivity index (χ0) is 12.6. The Labute approximate surface area is 99.1 Å². The first-order valence-electron chi connectivity index (χ1n) is 5.33. The number of carbonyl (C=O) groups is 1. The Morgan fingerprint density at radius 1 is 1.29 bits per heavy atom. The summed E-state index contributed by atoms with van der Waals surface area (Å²) in [5.41, 5.74) is 0.836. The highest BCUT2D eigenvalue weighted by Gasteiger charge is 2.22. The van der Waals surface area contributed by atoms with E-state index < -0.39 is 5.41 Å². The number of amides is 1. The summed E-state index contributed by atoms with van der Waals surface area (Å²) in [5.74, 6) is 0.360. The molecule has 2 rings (SSSR count). The molecule has 0 aliphatic rings. The largest absolute Gasteiger partial charge is 0.318 e. The number of hydrogen-bond acceptors (Lipinski definition) is 4. The zero-order valence-electron chi connectivity index (χ0n) is 10.4. The molecule has 0 atom stereocenters. The van der Waals surface area contributed by atoms with Crippen LogP contribution in [0.3, 0.4) is 0 Å². The van der Waals surface area contributed by atoms with E-state index in [0.29, 0.717) is 17.0 Å². The first-order valence-corrected chi connectivity index (χ1v) is 5.33. The van der Waals surface area contributed by atoms with E-state index in [1.165, 1.54) is 6.33 Å². The van der Waals surface area contributed by atoms with Crippen molar-refractivity contribution in [2.24, 2.45) is 12.5 Å². The molecule has 0 radical (unpaired) electrons. The normalized spacial score (nSPS) is 11.8. The maximum Gasteiger partial charge on any atom is 0.230 e. The summed E-state index contributed by atoms with van der Waals surface area (Å²) in [6.07, 6.45) is 3.06. The minimum atomic E-state index is -0.466. The predicted molar refractivity (Wildman–Crippen MR) is 64.4 cm³/mol. The van der Waals surface area contributed by atoms with E-state index in [1.807, 2.05) is 27.8 Å². The van der Waals surface area contributed by atoms with E-state index in [4.69, 9.17) is 0 Å². The first kappa shape index (κ1) is 11.5. The van der Waals surface area contributed by atoms with Crippen LogP contribution in [0.15, 0.2) is 12.7 Å². The summed E-state index contributed by atoms with van der Waals surface area (Å²) in [6.45, 7) is 5.54. The van der Waals surface area contributed by atoms with Gasteiger partial charge in [-0.25, -0.2) is 15.0 Å². The molecule has 6 nitrogen and oxygen atoms in total. The van der Waals surface area contributed by atoms with Crippen molar-refractivity contribution >= 4 is 22.9 Å². The molecule has 0 bridgehead atoms. The Hall–Kier alpha value is -1.98. The number of rotatable bonds is 1. The number of aromatic nitrogens is 4. The lowest BCUT2D eigenvalue weighted by atomic mass is 9.96. The lowest BCUT2D eigenvalue weighted by molar-refractivity contribution is -0.123. The Balaban J connectivity index is 2.40. The lowest BCUT2D eigenvalue weighted by Crippen LogP contribution is -2.28. The van der Waals surface area contributed by atoms with Crippen LogP contribution in [0.2, 0.25) is 0 Å². The average molecular weight is 233 g/mol. The molecular weight excluding hydrogens is 218 g/mol. The van der Waals surface area contributed by atoms with Gasteiger partial charge in [-0.15, -0.1) is 0 Å². The van der Waals surface area contributed by atoms with Gasteiger partial charge < -0.3 is 9.88 Å². The molecule has 2 aromatic rings. The molecule has 0 saturated heterocycles. The number of nitrogens with one attached hydrogen (secondary N) is 1. The lowest BCUT2D eigenvalue weighted by Gasteiger charge is -2.17. The van der Waals surface area contributed by atoms with Crippen LogP contribution in [0.25, 0.3) is 11.2 Å². The third-order valence-corrected chi connectivity index (χ3v) is 2.41. The SMILES string of the molecule is Cn1cnc2c(NC(=O)C(C)(C)C)ncnc21. The molecule has 0 aliphatic carbocycles. The summed E-state index contributed by atoms with van der Waals surface area (Å²) in [7, 11) is 1.84. The number of carbonyl (C=O) groups excluding carboxylic acids is 1. The van der Waals surface area contributed by atoms with E-state index in [1.54, 1.807) is 10.9 Å². The summed E-state index contributed by atoms with van der Waals surface area (Å²) in [5, 5.41) is 2.77. The molecule has 6 heteroatoms.